The van der Waals surface area contributed by atoms with E-state index < -0.39 is 29.8 Å². The van der Waals surface area contributed by atoms with Crippen LogP contribution < -0.4 is 9.64 Å². The Morgan fingerprint density at radius 3 is 2.16 bits per heavy atom. The molecule has 6 rings (SSSR count). The van der Waals surface area contributed by atoms with Gasteiger partial charge in [-0.2, -0.15) is 5.10 Å². The van der Waals surface area contributed by atoms with Gasteiger partial charge in [0.2, 0.25) is 11.8 Å². The van der Waals surface area contributed by atoms with Gasteiger partial charge in [0.1, 0.15) is 11.8 Å². The van der Waals surface area contributed by atoms with Gasteiger partial charge in [0, 0.05) is 11.1 Å². The topological polar surface area (TPSA) is 96.3 Å². The summed E-state index contributed by atoms with van der Waals surface area (Å²) >= 11 is 0. The van der Waals surface area contributed by atoms with Gasteiger partial charge in [0.05, 0.1) is 36.9 Å². The maximum absolute atomic E-state index is 13.9. The molecule has 0 spiro atoms. The fourth-order valence-electron chi connectivity index (χ4n) is 5.69. The number of rotatable bonds is 5. The average molecular weight is 494 g/mol. The van der Waals surface area contributed by atoms with Gasteiger partial charge < -0.3 is 4.74 Å². The standard InChI is InChI=1S/C29H23N3O5/c1-16(33)17-7-11-20(12-8-17)31-28(35)23-24(29(31)36)26(27(34)18-9-13-21(37-2)14-10-18)32-25(23)22-6-4-3-5-19(22)15-30-32/h3-15,23-26H,1-2H3/t23-,24-,25-,26+/m1/s1. The van der Waals surface area contributed by atoms with Gasteiger partial charge in [0.15, 0.2) is 11.6 Å². The van der Waals surface area contributed by atoms with Crippen molar-refractivity contribution in [3.63, 3.8) is 0 Å². The first-order valence-corrected chi connectivity index (χ1v) is 12.0. The number of hydrogen-bond donors (Lipinski definition) is 0. The number of ether oxygens (including phenoxy) is 1. The Balaban J connectivity index is 1.45. The van der Waals surface area contributed by atoms with E-state index >= 15 is 0 Å². The molecule has 0 aliphatic carbocycles. The number of benzene rings is 3. The van der Waals surface area contributed by atoms with Crippen LogP contribution >= 0.6 is 0 Å². The number of fused-ring (bicyclic) bond motifs is 5. The Morgan fingerprint density at radius 2 is 1.49 bits per heavy atom. The van der Waals surface area contributed by atoms with E-state index in [2.05, 4.69) is 5.10 Å². The molecule has 0 unspecified atom stereocenters. The van der Waals surface area contributed by atoms with E-state index in [4.69, 9.17) is 4.74 Å². The van der Waals surface area contributed by atoms with E-state index in [0.29, 0.717) is 22.6 Å². The highest BCUT2D eigenvalue weighted by atomic mass is 16.5. The molecule has 0 N–H and O–H groups in total. The van der Waals surface area contributed by atoms with Gasteiger partial charge >= 0.3 is 0 Å². The molecule has 8 heteroatoms. The molecule has 37 heavy (non-hydrogen) atoms. The Hall–Kier alpha value is -4.59. The van der Waals surface area contributed by atoms with Crippen LogP contribution in [0.1, 0.15) is 44.8 Å². The molecule has 8 nitrogen and oxygen atoms in total. The number of methoxy groups -OCH3 is 1. The molecule has 3 heterocycles. The van der Waals surface area contributed by atoms with E-state index in [9.17, 15) is 19.2 Å². The summed E-state index contributed by atoms with van der Waals surface area (Å²) in [6.07, 6.45) is 1.67. The molecular weight excluding hydrogens is 470 g/mol. The van der Waals surface area contributed by atoms with Crippen molar-refractivity contribution in [2.45, 2.75) is 19.0 Å². The summed E-state index contributed by atoms with van der Waals surface area (Å²) in [5, 5.41) is 6.21. The third kappa shape index (κ3) is 3.40. The molecule has 184 valence electrons. The van der Waals surface area contributed by atoms with Gasteiger partial charge in [-0.15, -0.1) is 0 Å². The minimum Gasteiger partial charge on any atom is -0.497 e. The Labute approximate surface area is 213 Å². The predicted octanol–water partition coefficient (Wildman–Crippen LogP) is 3.66. The lowest BCUT2D eigenvalue weighted by atomic mass is 9.83. The molecule has 0 bridgehead atoms. The minimum absolute atomic E-state index is 0.111. The zero-order valence-electron chi connectivity index (χ0n) is 20.2. The number of amides is 2. The number of Topliss-reactive ketones (excluding diaryl/α,β-unsaturated/α-hetero) is 2. The maximum atomic E-state index is 13.9. The van der Waals surface area contributed by atoms with Crippen molar-refractivity contribution in [2.24, 2.45) is 16.9 Å². The van der Waals surface area contributed by atoms with E-state index in [1.54, 1.807) is 66.9 Å². The van der Waals surface area contributed by atoms with Gasteiger partial charge in [0.25, 0.3) is 0 Å². The number of carbonyl (C=O) groups is 4. The summed E-state index contributed by atoms with van der Waals surface area (Å²) < 4.78 is 5.21. The van der Waals surface area contributed by atoms with E-state index in [1.165, 1.54) is 6.92 Å². The SMILES string of the molecule is COc1ccc(C(=O)[C@@H]2[C@@H]3C(=O)N(c4ccc(C(C)=O)cc4)C(=O)[C@H]3[C@H]3c4ccccc4C=NN23)cc1. The van der Waals surface area contributed by atoms with Crippen LogP contribution in [-0.2, 0) is 9.59 Å². The van der Waals surface area contributed by atoms with Crippen LogP contribution in [0.25, 0.3) is 0 Å². The van der Waals surface area contributed by atoms with Gasteiger partial charge in [-0.05, 0) is 66.6 Å². The molecule has 3 aromatic carbocycles. The lowest BCUT2D eigenvalue weighted by Crippen LogP contribution is -2.44. The summed E-state index contributed by atoms with van der Waals surface area (Å²) in [5.74, 6) is -2.31. The number of anilines is 1. The van der Waals surface area contributed by atoms with Crippen LogP contribution in [-0.4, -0.2) is 47.8 Å². The summed E-state index contributed by atoms with van der Waals surface area (Å²) in [6, 6.07) is 19.2. The van der Waals surface area contributed by atoms with Crippen molar-refractivity contribution < 1.29 is 23.9 Å². The number of ketones is 2. The first-order chi connectivity index (χ1) is 17.9. The average Bonchev–Trinajstić information content (AvgIpc) is 3.40. The maximum Gasteiger partial charge on any atom is 0.240 e. The zero-order valence-corrected chi connectivity index (χ0v) is 20.2. The number of hydrazone groups is 1. The fraction of sp³-hybridized carbons (Fsp3) is 0.207. The number of imide groups is 1. The summed E-state index contributed by atoms with van der Waals surface area (Å²) in [6.45, 7) is 1.45. The smallest absolute Gasteiger partial charge is 0.240 e. The molecule has 3 aliphatic rings. The van der Waals surface area contributed by atoms with Crippen molar-refractivity contribution in [3.8, 4) is 5.75 Å². The van der Waals surface area contributed by atoms with Crippen LogP contribution in [0, 0.1) is 11.8 Å². The number of hydrogen-bond acceptors (Lipinski definition) is 7. The predicted molar refractivity (Wildman–Crippen MR) is 136 cm³/mol. The molecule has 2 saturated heterocycles. The highest BCUT2D eigenvalue weighted by molar-refractivity contribution is 6.24. The first-order valence-electron chi connectivity index (χ1n) is 12.0. The third-order valence-corrected chi connectivity index (χ3v) is 7.47. The third-order valence-electron chi connectivity index (χ3n) is 7.47. The molecule has 2 fully saturated rings. The monoisotopic (exact) mass is 493 g/mol. The van der Waals surface area contributed by atoms with E-state index in [0.717, 1.165) is 16.0 Å². The van der Waals surface area contributed by atoms with Crippen LogP contribution in [0.15, 0.2) is 77.9 Å². The van der Waals surface area contributed by atoms with Crippen molar-refractivity contribution in [3.05, 3.63) is 95.1 Å². The first kappa shape index (κ1) is 22.8. The van der Waals surface area contributed by atoms with Gasteiger partial charge in [-0.25, -0.2) is 4.90 Å². The van der Waals surface area contributed by atoms with Crippen molar-refractivity contribution in [1.29, 1.82) is 0 Å². The summed E-state index contributed by atoms with van der Waals surface area (Å²) in [5.41, 5.74) is 2.97. The van der Waals surface area contributed by atoms with Crippen molar-refractivity contribution in [2.75, 3.05) is 12.0 Å². The summed E-state index contributed by atoms with van der Waals surface area (Å²) in [7, 11) is 1.54. The van der Waals surface area contributed by atoms with Crippen LogP contribution in [0.5, 0.6) is 5.75 Å². The lowest BCUT2D eigenvalue weighted by molar-refractivity contribution is -0.124. The van der Waals surface area contributed by atoms with Crippen molar-refractivity contribution in [1.82, 2.24) is 5.01 Å². The number of carbonyl (C=O) groups excluding carboxylic acids is 4. The molecule has 3 aromatic rings. The molecular formula is C29H23N3O5. The second-order valence-electron chi connectivity index (χ2n) is 9.40. The van der Waals surface area contributed by atoms with E-state index in [-0.39, 0.29) is 17.5 Å². The Bertz CT molecular complexity index is 1480. The molecule has 0 saturated carbocycles. The van der Waals surface area contributed by atoms with Crippen LogP contribution in [0.4, 0.5) is 5.69 Å². The van der Waals surface area contributed by atoms with Gasteiger partial charge in [-0.3, -0.25) is 24.2 Å². The lowest BCUT2D eigenvalue weighted by Gasteiger charge is -2.33. The second-order valence-corrected chi connectivity index (χ2v) is 9.40. The highest BCUT2D eigenvalue weighted by Crippen LogP contribution is 2.53. The molecule has 4 atom stereocenters. The second kappa shape index (κ2) is 8.51. The van der Waals surface area contributed by atoms with Crippen molar-refractivity contribution >= 4 is 35.3 Å². The molecule has 0 aromatic heterocycles. The van der Waals surface area contributed by atoms with Gasteiger partial charge in [-0.1, -0.05) is 24.3 Å². The Kier molecular flexibility index (Phi) is 5.26. The van der Waals surface area contributed by atoms with Crippen LogP contribution in [0.3, 0.4) is 0 Å². The molecule has 3 aliphatic heterocycles. The quantitative estimate of drug-likeness (QED) is 0.398. The zero-order chi connectivity index (χ0) is 25.8. The highest BCUT2D eigenvalue weighted by Gasteiger charge is 2.65. The normalized spacial score (nSPS) is 23.5. The number of nitrogens with zero attached hydrogens (tertiary/aromatic N) is 3. The summed E-state index contributed by atoms with van der Waals surface area (Å²) in [4.78, 5) is 54.6. The largest absolute Gasteiger partial charge is 0.497 e. The fourth-order valence-corrected chi connectivity index (χ4v) is 5.69. The molecule has 2 amide bonds. The van der Waals surface area contributed by atoms with Crippen LogP contribution in [0.2, 0.25) is 0 Å². The minimum atomic E-state index is -0.953. The van der Waals surface area contributed by atoms with E-state index in [1.807, 2.05) is 24.3 Å². The molecule has 0 radical (unpaired) electrons. The Morgan fingerprint density at radius 1 is 0.838 bits per heavy atom.